The van der Waals surface area contributed by atoms with Crippen molar-refractivity contribution in [2.45, 2.75) is 64.0 Å². The van der Waals surface area contributed by atoms with E-state index in [1.54, 1.807) is 0 Å². The molecule has 1 aliphatic heterocycles. The zero-order chi connectivity index (χ0) is 13.0. The highest BCUT2D eigenvalue weighted by molar-refractivity contribution is 5.76. The summed E-state index contributed by atoms with van der Waals surface area (Å²) in [7, 11) is 0. The predicted molar refractivity (Wildman–Crippen MR) is 71.2 cm³/mol. The van der Waals surface area contributed by atoms with Crippen molar-refractivity contribution < 1.29 is 9.90 Å². The van der Waals surface area contributed by atoms with Gasteiger partial charge in [0.2, 0.25) is 5.91 Å². The lowest BCUT2D eigenvalue weighted by Gasteiger charge is -2.38. The standard InChI is InChI=1S/C14H26N2O2/c1-14(7-3-2-6-12(14)17)10-16-13(18)9-11-5-4-8-15-11/h11-12,15,17H,2-10H2,1H3,(H,16,18). The van der Waals surface area contributed by atoms with E-state index in [1.165, 1.54) is 6.42 Å². The number of amides is 1. The summed E-state index contributed by atoms with van der Waals surface area (Å²) in [6, 6.07) is 0.356. The van der Waals surface area contributed by atoms with Crippen LogP contribution in [0, 0.1) is 5.41 Å². The van der Waals surface area contributed by atoms with Gasteiger partial charge >= 0.3 is 0 Å². The third kappa shape index (κ3) is 3.45. The quantitative estimate of drug-likeness (QED) is 0.706. The van der Waals surface area contributed by atoms with Gasteiger partial charge < -0.3 is 15.7 Å². The second-order valence-corrected chi connectivity index (χ2v) is 6.19. The molecule has 1 saturated heterocycles. The molecule has 2 aliphatic rings. The first-order chi connectivity index (χ1) is 8.60. The van der Waals surface area contributed by atoms with E-state index in [4.69, 9.17) is 0 Å². The van der Waals surface area contributed by atoms with Gasteiger partial charge in [0.05, 0.1) is 6.10 Å². The Labute approximate surface area is 110 Å². The molecule has 2 fully saturated rings. The maximum absolute atomic E-state index is 11.9. The molecule has 3 unspecified atom stereocenters. The monoisotopic (exact) mass is 254 g/mol. The number of hydrogen-bond donors (Lipinski definition) is 3. The number of aliphatic hydroxyl groups excluding tert-OH is 1. The van der Waals surface area contributed by atoms with E-state index in [-0.39, 0.29) is 17.4 Å². The molecule has 1 amide bonds. The molecule has 2 rings (SSSR count). The minimum absolute atomic E-state index is 0.119. The van der Waals surface area contributed by atoms with Gasteiger partial charge in [0.1, 0.15) is 0 Å². The van der Waals surface area contributed by atoms with Crippen molar-refractivity contribution in [3.8, 4) is 0 Å². The Kier molecular flexibility index (Phi) is 4.62. The number of carbonyl (C=O) groups excluding carboxylic acids is 1. The maximum atomic E-state index is 11.9. The van der Waals surface area contributed by atoms with E-state index in [1.807, 2.05) is 0 Å². The molecule has 3 atom stereocenters. The predicted octanol–water partition coefficient (Wildman–Crippen LogP) is 1.19. The van der Waals surface area contributed by atoms with E-state index in [0.717, 1.165) is 38.6 Å². The van der Waals surface area contributed by atoms with Crippen molar-refractivity contribution >= 4 is 5.91 Å². The minimum atomic E-state index is -0.267. The van der Waals surface area contributed by atoms with Gasteiger partial charge in [-0.1, -0.05) is 19.8 Å². The smallest absolute Gasteiger partial charge is 0.221 e. The molecule has 18 heavy (non-hydrogen) atoms. The molecule has 0 radical (unpaired) electrons. The van der Waals surface area contributed by atoms with Crippen molar-refractivity contribution in [3.05, 3.63) is 0 Å². The fourth-order valence-corrected chi connectivity index (χ4v) is 3.12. The zero-order valence-corrected chi connectivity index (χ0v) is 11.4. The number of hydrogen-bond acceptors (Lipinski definition) is 3. The molecule has 1 aliphatic carbocycles. The lowest BCUT2D eigenvalue weighted by molar-refractivity contribution is -0.122. The molecular weight excluding hydrogens is 228 g/mol. The summed E-state index contributed by atoms with van der Waals surface area (Å²) in [5.41, 5.74) is -0.128. The van der Waals surface area contributed by atoms with Gasteiger partial charge in [0.15, 0.2) is 0 Å². The van der Waals surface area contributed by atoms with Crippen LogP contribution in [-0.2, 0) is 4.79 Å². The third-order valence-electron chi connectivity index (χ3n) is 4.56. The highest BCUT2D eigenvalue weighted by atomic mass is 16.3. The fourth-order valence-electron chi connectivity index (χ4n) is 3.12. The number of nitrogens with one attached hydrogen (secondary N) is 2. The van der Waals surface area contributed by atoms with Crippen LogP contribution >= 0.6 is 0 Å². The Balaban J connectivity index is 1.74. The van der Waals surface area contributed by atoms with Gasteiger partial charge in [0, 0.05) is 24.4 Å². The summed E-state index contributed by atoms with van der Waals surface area (Å²) in [4.78, 5) is 11.9. The van der Waals surface area contributed by atoms with E-state index in [0.29, 0.717) is 19.0 Å². The maximum Gasteiger partial charge on any atom is 0.221 e. The van der Waals surface area contributed by atoms with Gasteiger partial charge in [0.25, 0.3) is 0 Å². The second kappa shape index (κ2) is 6.02. The number of rotatable bonds is 4. The molecule has 0 aromatic rings. The highest BCUT2D eigenvalue weighted by Gasteiger charge is 2.35. The molecule has 3 N–H and O–H groups in total. The largest absolute Gasteiger partial charge is 0.392 e. The molecule has 4 heteroatoms. The zero-order valence-electron chi connectivity index (χ0n) is 11.4. The molecule has 1 heterocycles. The molecule has 0 aromatic carbocycles. The average molecular weight is 254 g/mol. The highest BCUT2D eigenvalue weighted by Crippen LogP contribution is 2.35. The Morgan fingerprint density at radius 2 is 2.22 bits per heavy atom. The number of aliphatic hydroxyl groups is 1. The van der Waals surface area contributed by atoms with Gasteiger partial charge in [-0.25, -0.2) is 0 Å². The average Bonchev–Trinajstić information content (AvgIpc) is 2.84. The van der Waals surface area contributed by atoms with Crippen molar-refractivity contribution in [3.63, 3.8) is 0 Å². The van der Waals surface area contributed by atoms with Gasteiger partial charge in [-0.05, 0) is 32.2 Å². The first kappa shape index (κ1) is 13.8. The second-order valence-electron chi connectivity index (χ2n) is 6.19. The van der Waals surface area contributed by atoms with E-state index < -0.39 is 0 Å². The van der Waals surface area contributed by atoms with Crippen molar-refractivity contribution in [1.82, 2.24) is 10.6 Å². The SMILES string of the molecule is CC1(CNC(=O)CC2CCCN2)CCCCC1O. The Morgan fingerprint density at radius 3 is 2.89 bits per heavy atom. The van der Waals surface area contributed by atoms with E-state index >= 15 is 0 Å². The lowest BCUT2D eigenvalue weighted by Crippen LogP contribution is -2.45. The Morgan fingerprint density at radius 1 is 1.39 bits per heavy atom. The van der Waals surface area contributed by atoms with E-state index in [2.05, 4.69) is 17.6 Å². The first-order valence-corrected chi connectivity index (χ1v) is 7.28. The number of carbonyl (C=O) groups is 1. The van der Waals surface area contributed by atoms with Gasteiger partial charge in [-0.15, -0.1) is 0 Å². The van der Waals surface area contributed by atoms with Crippen LogP contribution in [0.2, 0.25) is 0 Å². The summed E-state index contributed by atoms with van der Waals surface area (Å²) in [6.07, 6.45) is 6.74. The summed E-state index contributed by atoms with van der Waals surface area (Å²) in [5.74, 6) is 0.119. The van der Waals surface area contributed by atoms with Crippen LogP contribution in [0.5, 0.6) is 0 Å². The van der Waals surface area contributed by atoms with Gasteiger partial charge in [-0.3, -0.25) is 4.79 Å². The van der Waals surface area contributed by atoms with Crippen molar-refractivity contribution in [1.29, 1.82) is 0 Å². The van der Waals surface area contributed by atoms with Crippen LogP contribution < -0.4 is 10.6 Å². The molecule has 104 valence electrons. The summed E-state index contributed by atoms with van der Waals surface area (Å²) >= 11 is 0. The Hall–Kier alpha value is -0.610. The summed E-state index contributed by atoms with van der Waals surface area (Å²) < 4.78 is 0. The summed E-state index contributed by atoms with van der Waals surface area (Å²) in [5, 5.41) is 16.4. The molecular formula is C14H26N2O2. The van der Waals surface area contributed by atoms with Crippen LogP contribution in [0.1, 0.15) is 51.9 Å². The molecule has 0 bridgehead atoms. The van der Waals surface area contributed by atoms with Crippen molar-refractivity contribution in [2.24, 2.45) is 5.41 Å². The summed E-state index contributed by atoms with van der Waals surface area (Å²) in [6.45, 7) is 3.74. The third-order valence-corrected chi connectivity index (χ3v) is 4.56. The van der Waals surface area contributed by atoms with Crippen LogP contribution in [0.4, 0.5) is 0 Å². The normalized spacial score (nSPS) is 36.6. The topological polar surface area (TPSA) is 61.4 Å². The molecule has 0 aromatic heterocycles. The van der Waals surface area contributed by atoms with Crippen LogP contribution in [0.15, 0.2) is 0 Å². The fraction of sp³-hybridized carbons (Fsp3) is 0.929. The van der Waals surface area contributed by atoms with Crippen LogP contribution in [-0.4, -0.2) is 36.2 Å². The molecule has 0 spiro atoms. The van der Waals surface area contributed by atoms with Gasteiger partial charge in [-0.2, -0.15) is 0 Å². The molecule has 1 saturated carbocycles. The minimum Gasteiger partial charge on any atom is -0.392 e. The van der Waals surface area contributed by atoms with Crippen LogP contribution in [0.25, 0.3) is 0 Å². The van der Waals surface area contributed by atoms with E-state index in [9.17, 15) is 9.90 Å². The molecule has 4 nitrogen and oxygen atoms in total. The first-order valence-electron chi connectivity index (χ1n) is 7.28. The van der Waals surface area contributed by atoms with Crippen LogP contribution in [0.3, 0.4) is 0 Å². The van der Waals surface area contributed by atoms with Crippen molar-refractivity contribution in [2.75, 3.05) is 13.1 Å². The Bertz CT molecular complexity index is 290. The lowest BCUT2D eigenvalue weighted by atomic mass is 9.73.